The first-order valence-corrected chi connectivity index (χ1v) is 8.87. The highest BCUT2D eigenvalue weighted by molar-refractivity contribution is 7.10. The highest BCUT2D eigenvalue weighted by Crippen LogP contribution is 2.37. The van der Waals surface area contributed by atoms with E-state index in [1.165, 1.54) is 25.0 Å². The molecule has 4 heteroatoms. The Labute approximate surface area is 131 Å². The molecule has 0 spiro atoms. The van der Waals surface area contributed by atoms with Crippen molar-refractivity contribution < 1.29 is 0 Å². The summed E-state index contributed by atoms with van der Waals surface area (Å²) in [5.41, 5.74) is 4.07. The van der Waals surface area contributed by atoms with Crippen LogP contribution in [0.2, 0.25) is 0 Å². The second kappa shape index (κ2) is 6.32. The van der Waals surface area contributed by atoms with Crippen LogP contribution in [0.3, 0.4) is 0 Å². The van der Waals surface area contributed by atoms with Gasteiger partial charge in [0.05, 0.1) is 5.69 Å². The van der Waals surface area contributed by atoms with E-state index in [2.05, 4.69) is 53.5 Å². The predicted octanol–water partition coefficient (Wildman–Crippen LogP) is 3.52. The van der Waals surface area contributed by atoms with Crippen molar-refractivity contribution in [3.63, 3.8) is 0 Å². The van der Waals surface area contributed by atoms with E-state index >= 15 is 0 Å². The van der Waals surface area contributed by atoms with Gasteiger partial charge in [-0.05, 0) is 63.2 Å². The van der Waals surface area contributed by atoms with Crippen LogP contribution in [-0.2, 0) is 19.4 Å². The van der Waals surface area contributed by atoms with Crippen LogP contribution in [0.4, 0.5) is 0 Å². The fourth-order valence-corrected chi connectivity index (χ4v) is 4.64. The number of likely N-dealkylation sites (N-methyl/N-ethyl adjacent to an activating group) is 1. The zero-order valence-corrected chi connectivity index (χ0v) is 14.0. The smallest absolute Gasteiger partial charge is 0.0596 e. The van der Waals surface area contributed by atoms with Crippen molar-refractivity contribution in [2.45, 2.75) is 58.0 Å². The number of aryl methyl sites for hydroxylation is 3. The average molecular weight is 303 g/mol. The Morgan fingerprint density at radius 2 is 2.38 bits per heavy atom. The standard InChI is InChI=1S/C17H25N3S/c1-4-20-13(10-12(2)19-20)11-16(18-3)14-6-5-7-17-15(14)8-9-21-17/h8-10,14,16,18H,4-7,11H2,1-3H3. The van der Waals surface area contributed by atoms with E-state index in [4.69, 9.17) is 0 Å². The summed E-state index contributed by atoms with van der Waals surface area (Å²) in [6.45, 7) is 5.21. The van der Waals surface area contributed by atoms with E-state index < -0.39 is 0 Å². The zero-order valence-electron chi connectivity index (χ0n) is 13.2. The van der Waals surface area contributed by atoms with Gasteiger partial charge >= 0.3 is 0 Å². The van der Waals surface area contributed by atoms with Crippen molar-refractivity contribution >= 4 is 11.3 Å². The molecule has 114 valence electrons. The molecule has 21 heavy (non-hydrogen) atoms. The van der Waals surface area contributed by atoms with Gasteiger partial charge in [-0.1, -0.05) is 0 Å². The lowest BCUT2D eigenvalue weighted by Crippen LogP contribution is -2.36. The molecule has 0 saturated heterocycles. The van der Waals surface area contributed by atoms with Crippen LogP contribution in [0.5, 0.6) is 0 Å². The third kappa shape index (κ3) is 2.92. The topological polar surface area (TPSA) is 29.9 Å². The molecule has 0 radical (unpaired) electrons. The van der Waals surface area contributed by atoms with E-state index in [9.17, 15) is 0 Å². The Morgan fingerprint density at radius 1 is 1.52 bits per heavy atom. The van der Waals surface area contributed by atoms with Crippen molar-refractivity contribution in [3.8, 4) is 0 Å². The highest BCUT2D eigenvalue weighted by atomic mass is 32.1. The minimum atomic E-state index is 0.500. The number of thiophene rings is 1. The molecule has 0 aromatic carbocycles. The van der Waals surface area contributed by atoms with Gasteiger partial charge in [-0.2, -0.15) is 5.10 Å². The largest absolute Gasteiger partial charge is 0.316 e. The Kier molecular flexibility index (Phi) is 4.45. The molecular formula is C17H25N3S. The fraction of sp³-hybridized carbons (Fsp3) is 0.588. The lowest BCUT2D eigenvalue weighted by molar-refractivity contribution is 0.404. The predicted molar refractivity (Wildman–Crippen MR) is 89.2 cm³/mol. The Hall–Kier alpha value is -1.13. The second-order valence-electron chi connectivity index (χ2n) is 5.99. The summed E-state index contributed by atoms with van der Waals surface area (Å²) in [5.74, 6) is 0.644. The van der Waals surface area contributed by atoms with E-state index in [1.807, 2.05) is 11.3 Å². The van der Waals surface area contributed by atoms with E-state index in [0.29, 0.717) is 12.0 Å². The van der Waals surface area contributed by atoms with Crippen molar-refractivity contribution in [3.05, 3.63) is 39.3 Å². The lowest BCUT2D eigenvalue weighted by Gasteiger charge is -2.30. The quantitative estimate of drug-likeness (QED) is 0.916. The third-order valence-electron chi connectivity index (χ3n) is 4.67. The minimum absolute atomic E-state index is 0.500. The molecule has 2 aromatic heterocycles. The summed E-state index contributed by atoms with van der Waals surface area (Å²) in [6, 6.07) is 5.09. The number of hydrogen-bond donors (Lipinski definition) is 1. The third-order valence-corrected chi connectivity index (χ3v) is 5.67. The van der Waals surface area contributed by atoms with Gasteiger partial charge in [0.15, 0.2) is 0 Å². The lowest BCUT2D eigenvalue weighted by atomic mass is 9.81. The Bertz CT molecular complexity index is 599. The van der Waals surface area contributed by atoms with Crippen LogP contribution in [-0.4, -0.2) is 22.9 Å². The Morgan fingerprint density at radius 3 is 3.14 bits per heavy atom. The molecule has 0 saturated carbocycles. The van der Waals surface area contributed by atoms with Gasteiger partial charge in [-0.3, -0.25) is 4.68 Å². The molecule has 0 aliphatic heterocycles. The molecule has 2 atom stereocenters. The van der Waals surface area contributed by atoms with Crippen LogP contribution in [0.1, 0.15) is 47.5 Å². The molecular weight excluding hydrogens is 278 g/mol. The molecule has 0 amide bonds. The molecule has 3 nitrogen and oxygen atoms in total. The van der Waals surface area contributed by atoms with Crippen LogP contribution in [0.25, 0.3) is 0 Å². The number of fused-ring (bicyclic) bond motifs is 1. The summed E-state index contributed by atoms with van der Waals surface area (Å²) >= 11 is 1.93. The van der Waals surface area contributed by atoms with Crippen molar-refractivity contribution in [2.75, 3.05) is 7.05 Å². The average Bonchev–Trinajstić information content (AvgIpc) is 3.10. The number of nitrogens with one attached hydrogen (secondary N) is 1. The first kappa shape index (κ1) is 14.8. The summed E-state index contributed by atoms with van der Waals surface area (Å²) in [5, 5.41) is 10.4. The van der Waals surface area contributed by atoms with Gasteiger partial charge in [0.2, 0.25) is 0 Å². The second-order valence-corrected chi connectivity index (χ2v) is 6.99. The fourth-order valence-electron chi connectivity index (χ4n) is 3.65. The number of aromatic nitrogens is 2. The van der Waals surface area contributed by atoms with Gasteiger partial charge in [0.25, 0.3) is 0 Å². The summed E-state index contributed by atoms with van der Waals surface area (Å²) in [7, 11) is 2.10. The van der Waals surface area contributed by atoms with Crippen LogP contribution >= 0.6 is 11.3 Å². The molecule has 1 aliphatic carbocycles. The van der Waals surface area contributed by atoms with Gasteiger partial charge in [-0.25, -0.2) is 0 Å². The zero-order chi connectivity index (χ0) is 14.8. The Balaban J connectivity index is 1.83. The maximum absolute atomic E-state index is 4.59. The summed E-state index contributed by atoms with van der Waals surface area (Å²) < 4.78 is 2.15. The van der Waals surface area contributed by atoms with E-state index in [1.54, 1.807) is 10.4 Å². The monoisotopic (exact) mass is 303 g/mol. The maximum atomic E-state index is 4.59. The normalized spacial score (nSPS) is 19.5. The molecule has 1 N–H and O–H groups in total. The first-order chi connectivity index (χ1) is 10.2. The maximum Gasteiger partial charge on any atom is 0.0596 e. The summed E-state index contributed by atoms with van der Waals surface area (Å²) in [4.78, 5) is 1.60. The van der Waals surface area contributed by atoms with Crippen molar-refractivity contribution in [2.24, 2.45) is 0 Å². The van der Waals surface area contributed by atoms with Crippen LogP contribution in [0.15, 0.2) is 17.5 Å². The number of rotatable bonds is 5. The molecule has 2 heterocycles. The highest BCUT2D eigenvalue weighted by Gasteiger charge is 2.28. The molecule has 0 bridgehead atoms. The van der Waals surface area contributed by atoms with Gasteiger partial charge in [-0.15, -0.1) is 11.3 Å². The number of hydrogen-bond acceptors (Lipinski definition) is 3. The molecule has 2 aromatic rings. The van der Waals surface area contributed by atoms with Crippen molar-refractivity contribution in [1.29, 1.82) is 0 Å². The molecule has 0 fully saturated rings. The van der Waals surface area contributed by atoms with E-state index in [0.717, 1.165) is 18.7 Å². The molecule has 3 rings (SSSR count). The minimum Gasteiger partial charge on any atom is -0.316 e. The molecule has 2 unspecified atom stereocenters. The van der Waals surface area contributed by atoms with Crippen LogP contribution in [0, 0.1) is 6.92 Å². The van der Waals surface area contributed by atoms with Crippen LogP contribution < -0.4 is 5.32 Å². The first-order valence-electron chi connectivity index (χ1n) is 7.99. The molecule has 1 aliphatic rings. The SMILES string of the molecule is CCn1nc(C)cc1CC(NC)C1CCCc2sccc21. The van der Waals surface area contributed by atoms with Gasteiger partial charge in [0.1, 0.15) is 0 Å². The van der Waals surface area contributed by atoms with Gasteiger partial charge in [0, 0.05) is 35.5 Å². The van der Waals surface area contributed by atoms with Crippen molar-refractivity contribution in [1.82, 2.24) is 15.1 Å². The van der Waals surface area contributed by atoms with E-state index in [-0.39, 0.29) is 0 Å². The number of nitrogens with zero attached hydrogens (tertiary/aromatic N) is 2. The summed E-state index contributed by atoms with van der Waals surface area (Å²) in [6.07, 6.45) is 4.95. The van der Waals surface area contributed by atoms with Gasteiger partial charge < -0.3 is 5.32 Å².